The third-order valence-corrected chi connectivity index (χ3v) is 4.44. The number of thiocarbonyl (C=S) groups is 1. The third-order valence-electron chi connectivity index (χ3n) is 3.42. The molecule has 0 saturated carbocycles. The number of hydrogen-bond acceptors (Lipinski definition) is 6. The molecule has 8 heteroatoms. The summed E-state index contributed by atoms with van der Waals surface area (Å²) in [5.41, 5.74) is 0.836. The largest absolute Gasteiger partial charge is 0.480 e. The first-order valence-electron chi connectivity index (χ1n) is 6.96. The van der Waals surface area contributed by atoms with Crippen LogP contribution in [0.25, 0.3) is 0 Å². The normalized spacial score (nSPS) is 20.1. The maximum atomic E-state index is 12.2. The Morgan fingerprint density at radius 3 is 2.70 bits per heavy atom. The van der Waals surface area contributed by atoms with Gasteiger partial charge in [0.15, 0.2) is 0 Å². The number of likely N-dealkylation sites (tertiary alicyclic amines) is 1. The van der Waals surface area contributed by atoms with Gasteiger partial charge in [-0.25, -0.2) is 9.59 Å². The summed E-state index contributed by atoms with van der Waals surface area (Å²) in [6, 6.07) is 8.23. The molecule has 2 atom stereocenters. The highest BCUT2D eigenvalue weighted by Crippen LogP contribution is 2.23. The number of carbonyl (C=O) groups is 2. The van der Waals surface area contributed by atoms with Gasteiger partial charge in [-0.2, -0.15) is 0 Å². The van der Waals surface area contributed by atoms with Crippen LogP contribution in [0.1, 0.15) is 12.0 Å². The van der Waals surface area contributed by atoms with E-state index in [0.29, 0.717) is 4.38 Å². The Labute approximate surface area is 143 Å². The van der Waals surface area contributed by atoms with Gasteiger partial charge in [-0.3, -0.25) is 4.90 Å². The van der Waals surface area contributed by atoms with Crippen molar-refractivity contribution in [2.75, 3.05) is 12.8 Å². The molecule has 0 bridgehead atoms. The van der Waals surface area contributed by atoms with Crippen LogP contribution in [0.5, 0.6) is 0 Å². The van der Waals surface area contributed by atoms with Gasteiger partial charge in [0, 0.05) is 6.42 Å². The molecule has 6 nitrogen and oxygen atoms in total. The van der Waals surface area contributed by atoms with Gasteiger partial charge in [-0.05, 0) is 24.0 Å². The van der Waals surface area contributed by atoms with E-state index in [4.69, 9.17) is 21.7 Å². The number of rotatable bonds is 4. The average molecular weight is 355 g/mol. The summed E-state index contributed by atoms with van der Waals surface area (Å²) in [6.45, 7) is 0.239. The summed E-state index contributed by atoms with van der Waals surface area (Å²) in [4.78, 5) is 24.7. The summed E-state index contributed by atoms with van der Waals surface area (Å²) >= 11 is 6.24. The molecule has 1 aromatic rings. The van der Waals surface area contributed by atoms with E-state index in [-0.39, 0.29) is 19.6 Å². The second-order valence-corrected chi connectivity index (χ2v) is 6.38. The van der Waals surface area contributed by atoms with Crippen molar-refractivity contribution in [1.29, 1.82) is 0 Å². The third kappa shape index (κ3) is 4.84. The maximum absolute atomic E-state index is 12.2. The van der Waals surface area contributed by atoms with Crippen molar-refractivity contribution >= 4 is 40.4 Å². The molecule has 23 heavy (non-hydrogen) atoms. The standard InChI is InChI=1S/C15H17NO5S2/c1-23-15(22)21-11-7-12(13(17)18)16(8-11)14(19)20-9-10-5-3-2-4-6-10/h2-6,11-12H,7-9H2,1H3,(H,17,18)/t11-,12+/m1/s1. The molecule has 0 aliphatic carbocycles. The molecule has 1 aromatic carbocycles. The van der Waals surface area contributed by atoms with Gasteiger partial charge in [0.2, 0.25) is 4.38 Å². The maximum Gasteiger partial charge on any atom is 0.410 e. The lowest BCUT2D eigenvalue weighted by atomic mass is 10.2. The highest BCUT2D eigenvalue weighted by molar-refractivity contribution is 8.22. The molecule has 1 aliphatic rings. The zero-order chi connectivity index (χ0) is 16.8. The quantitative estimate of drug-likeness (QED) is 0.832. The van der Waals surface area contributed by atoms with Crippen LogP contribution in [0.2, 0.25) is 0 Å². The number of benzene rings is 1. The van der Waals surface area contributed by atoms with Crippen molar-refractivity contribution in [2.24, 2.45) is 0 Å². The monoisotopic (exact) mass is 355 g/mol. The van der Waals surface area contributed by atoms with E-state index in [2.05, 4.69) is 0 Å². The van der Waals surface area contributed by atoms with E-state index in [1.807, 2.05) is 30.3 Å². The predicted octanol–water partition coefficient (Wildman–Crippen LogP) is 2.52. The van der Waals surface area contributed by atoms with Crippen molar-refractivity contribution in [1.82, 2.24) is 4.90 Å². The van der Waals surface area contributed by atoms with Crippen LogP contribution in [0.15, 0.2) is 30.3 Å². The number of hydrogen-bond donors (Lipinski definition) is 1. The SMILES string of the molecule is CSC(=S)O[C@@H]1C[C@@H](C(=O)O)N(C(=O)OCc2ccccc2)C1. The average Bonchev–Trinajstić information content (AvgIpc) is 2.97. The summed E-state index contributed by atoms with van der Waals surface area (Å²) < 4.78 is 11.0. The van der Waals surface area contributed by atoms with Gasteiger partial charge < -0.3 is 14.6 Å². The topological polar surface area (TPSA) is 76.1 Å². The Kier molecular flexibility index (Phi) is 6.23. The lowest BCUT2D eigenvalue weighted by Gasteiger charge is -2.20. The molecule has 1 N–H and O–H groups in total. The second kappa shape index (κ2) is 8.16. The van der Waals surface area contributed by atoms with Gasteiger partial charge in [0.05, 0.1) is 6.54 Å². The summed E-state index contributed by atoms with van der Waals surface area (Å²) in [7, 11) is 0. The fourth-order valence-corrected chi connectivity index (χ4v) is 2.67. The van der Waals surface area contributed by atoms with Crippen LogP contribution in [-0.4, -0.2) is 51.4 Å². The van der Waals surface area contributed by atoms with Crippen LogP contribution >= 0.6 is 24.0 Å². The number of carboxylic acids is 1. The van der Waals surface area contributed by atoms with E-state index < -0.39 is 24.2 Å². The minimum Gasteiger partial charge on any atom is -0.480 e. The first kappa shape index (κ1) is 17.6. The number of amides is 1. The van der Waals surface area contributed by atoms with Gasteiger partial charge in [0.1, 0.15) is 18.8 Å². The lowest BCUT2D eigenvalue weighted by molar-refractivity contribution is -0.141. The molecular weight excluding hydrogens is 338 g/mol. The Morgan fingerprint density at radius 1 is 1.39 bits per heavy atom. The Morgan fingerprint density at radius 2 is 2.09 bits per heavy atom. The number of ether oxygens (including phenoxy) is 2. The van der Waals surface area contributed by atoms with Crippen LogP contribution in [-0.2, 0) is 20.9 Å². The summed E-state index contributed by atoms with van der Waals surface area (Å²) in [6.07, 6.45) is 0.872. The minimum absolute atomic E-state index is 0.0945. The molecule has 0 unspecified atom stereocenters. The van der Waals surface area contributed by atoms with E-state index in [9.17, 15) is 14.7 Å². The summed E-state index contributed by atoms with van der Waals surface area (Å²) in [5, 5.41) is 9.28. The van der Waals surface area contributed by atoms with Gasteiger partial charge >= 0.3 is 12.1 Å². The Hall–Kier alpha value is -1.80. The molecule has 1 fully saturated rings. The van der Waals surface area contributed by atoms with E-state index in [0.717, 1.165) is 5.56 Å². The minimum atomic E-state index is -1.08. The van der Waals surface area contributed by atoms with Crippen molar-refractivity contribution < 1.29 is 24.2 Å². The van der Waals surface area contributed by atoms with Gasteiger partial charge in [0.25, 0.3) is 0 Å². The zero-order valence-corrected chi connectivity index (χ0v) is 14.1. The van der Waals surface area contributed by atoms with E-state index >= 15 is 0 Å². The molecule has 1 aliphatic heterocycles. The molecule has 1 saturated heterocycles. The van der Waals surface area contributed by atoms with Crippen molar-refractivity contribution in [3.05, 3.63) is 35.9 Å². The number of nitrogens with zero attached hydrogens (tertiary/aromatic N) is 1. The molecule has 124 valence electrons. The smallest absolute Gasteiger partial charge is 0.410 e. The summed E-state index contributed by atoms with van der Waals surface area (Å²) in [5.74, 6) is -1.08. The Balaban J connectivity index is 1.96. The number of aliphatic carboxylic acids is 1. The Bertz CT molecular complexity index is 580. The van der Waals surface area contributed by atoms with E-state index in [1.54, 1.807) is 6.26 Å². The predicted molar refractivity (Wildman–Crippen MR) is 90.4 cm³/mol. The fraction of sp³-hybridized carbons (Fsp3) is 0.400. The number of thioether (sulfide) groups is 1. The van der Waals surface area contributed by atoms with Crippen LogP contribution in [0, 0.1) is 0 Å². The number of carbonyl (C=O) groups excluding carboxylic acids is 1. The van der Waals surface area contributed by atoms with Crippen molar-refractivity contribution in [3.8, 4) is 0 Å². The molecule has 0 radical (unpaired) electrons. The van der Waals surface area contributed by atoms with Gasteiger partial charge in [-0.15, -0.1) is 0 Å². The molecule has 2 rings (SSSR count). The number of carboxylic acid groups (broad SMARTS) is 1. The lowest BCUT2D eigenvalue weighted by Crippen LogP contribution is -2.40. The van der Waals surface area contributed by atoms with Gasteiger partial charge in [-0.1, -0.05) is 42.1 Å². The second-order valence-electron chi connectivity index (χ2n) is 4.98. The molecular formula is C15H17NO5S2. The molecule has 0 aromatic heterocycles. The van der Waals surface area contributed by atoms with Crippen LogP contribution < -0.4 is 0 Å². The fourth-order valence-electron chi connectivity index (χ4n) is 2.31. The van der Waals surface area contributed by atoms with Crippen molar-refractivity contribution in [3.63, 3.8) is 0 Å². The van der Waals surface area contributed by atoms with Crippen LogP contribution in [0.4, 0.5) is 4.79 Å². The first-order valence-corrected chi connectivity index (χ1v) is 8.59. The highest BCUT2D eigenvalue weighted by Gasteiger charge is 2.42. The van der Waals surface area contributed by atoms with Crippen LogP contribution in [0.3, 0.4) is 0 Å². The molecule has 0 spiro atoms. The highest BCUT2D eigenvalue weighted by atomic mass is 32.2. The van der Waals surface area contributed by atoms with E-state index in [1.165, 1.54) is 16.7 Å². The molecule has 1 heterocycles. The molecule has 1 amide bonds. The van der Waals surface area contributed by atoms with Crippen molar-refractivity contribution in [2.45, 2.75) is 25.2 Å². The first-order chi connectivity index (χ1) is 11.0. The zero-order valence-electron chi connectivity index (χ0n) is 12.5.